The fourth-order valence-electron chi connectivity index (χ4n) is 4.52. The molecule has 1 aliphatic heterocycles. The maximum Gasteiger partial charge on any atom is 0.416 e. The van der Waals surface area contributed by atoms with Gasteiger partial charge in [0.2, 0.25) is 5.88 Å². The Morgan fingerprint density at radius 3 is 2.32 bits per heavy atom. The standard InChI is InChI=1S/C28H27F3N4O2/c1-17(2)37-25-12-9-21(15-34-25)26(19-5-3-18(14-32)4-6-19)24-13-23(16-33-24)35-27(36)20-7-10-22(11-8-20)28(29,30)31/h3-12,15,17,23-24,26,33H,13,16H2,1-2H3,(H,35,36). The molecule has 0 aliphatic carbocycles. The van der Waals surface area contributed by atoms with Crippen molar-refractivity contribution >= 4 is 5.91 Å². The molecular weight excluding hydrogens is 481 g/mol. The van der Waals surface area contributed by atoms with Crippen molar-refractivity contribution in [3.63, 3.8) is 0 Å². The van der Waals surface area contributed by atoms with Gasteiger partial charge in [-0.05, 0) is 67.8 Å². The van der Waals surface area contributed by atoms with E-state index in [2.05, 4.69) is 21.7 Å². The zero-order chi connectivity index (χ0) is 26.6. The molecule has 1 fully saturated rings. The van der Waals surface area contributed by atoms with Crippen LogP contribution in [0.15, 0.2) is 66.9 Å². The second-order valence-electron chi connectivity index (χ2n) is 9.30. The number of nitriles is 1. The number of carbonyl (C=O) groups is 1. The van der Waals surface area contributed by atoms with Gasteiger partial charge in [-0.1, -0.05) is 18.2 Å². The molecule has 4 rings (SSSR count). The van der Waals surface area contributed by atoms with Crippen LogP contribution in [0, 0.1) is 11.3 Å². The molecular formula is C28H27F3N4O2. The highest BCUT2D eigenvalue weighted by atomic mass is 19.4. The summed E-state index contributed by atoms with van der Waals surface area (Å²) in [6.45, 7) is 4.36. The second kappa shape index (κ2) is 11.0. The van der Waals surface area contributed by atoms with E-state index >= 15 is 0 Å². The minimum absolute atomic E-state index is 0.00166. The summed E-state index contributed by atoms with van der Waals surface area (Å²) in [5.41, 5.74) is 1.88. The van der Waals surface area contributed by atoms with E-state index in [9.17, 15) is 23.2 Å². The number of pyridine rings is 1. The normalized spacial score (nSPS) is 18.3. The van der Waals surface area contributed by atoms with Gasteiger partial charge in [-0.25, -0.2) is 4.98 Å². The molecule has 1 amide bonds. The monoisotopic (exact) mass is 508 g/mol. The highest BCUT2D eigenvalue weighted by molar-refractivity contribution is 5.94. The second-order valence-corrected chi connectivity index (χ2v) is 9.30. The number of ether oxygens (including phenoxy) is 1. The molecule has 9 heteroatoms. The third-order valence-corrected chi connectivity index (χ3v) is 6.25. The van der Waals surface area contributed by atoms with Gasteiger partial charge in [-0.2, -0.15) is 18.4 Å². The van der Waals surface area contributed by atoms with Crippen LogP contribution in [0.1, 0.15) is 58.8 Å². The minimum atomic E-state index is -4.45. The first-order valence-electron chi connectivity index (χ1n) is 12.0. The molecule has 1 aliphatic rings. The van der Waals surface area contributed by atoms with Crippen molar-refractivity contribution in [2.75, 3.05) is 6.54 Å². The lowest BCUT2D eigenvalue weighted by molar-refractivity contribution is -0.137. The Kier molecular flexibility index (Phi) is 7.79. The Labute approximate surface area is 213 Å². The maximum atomic E-state index is 12.8. The molecule has 2 aromatic carbocycles. The van der Waals surface area contributed by atoms with Crippen molar-refractivity contribution < 1.29 is 22.7 Å². The average molecular weight is 509 g/mol. The summed E-state index contributed by atoms with van der Waals surface area (Å²) in [6, 6.07) is 17.2. The predicted molar refractivity (Wildman–Crippen MR) is 132 cm³/mol. The molecule has 0 bridgehead atoms. The van der Waals surface area contributed by atoms with Gasteiger partial charge in [0, 0.05) is 42.4 Å². The Hall–Kier alpha value is -3.90. The van der Waals surface area contributed by atoms with Gasteiger partial charge in [-0.15, -0.1) is 0 Å². The summed E-state index contributed by atoms with van der Waals surface area (Å²) in [5.74, 6) is -0.00680. The molecule has 0 spiro atoms. The topological polar surface area (TPSA) is 87.0 Å². The SMILES string of the molecule is CC(C)Oc1ccc(C(c2ccc(C#N)cc2)C2CC(NC(=O)c3ccc(C(F)(F)F)cc3)CN2)cn1. The molecule has 3 aromatic rings. The number of nitrogens with one attached hydrogen (secondary N) is 2. The van der Waals surface area contributed by atoms with Crippen LogP contribution in [0.4, 0.5) is 13.2 Å². The third-order valence-electron chi connectivity index (χ3n) is 6.25. The van der Waals surface area contributed by atoms with Crippen molar-refractivity contribution in [1.82, 2.24) is 15.6 Å². The summed E-state index contributed by atoms with van der Waals surface area (Å²) in [6.07, 6.45) is -2.08. The molecule has 3 unspecified atom stereocenters. The Bertz CT molecular complexity index is 1250. The molecule has 37 heavy (non-hydrogen) atoms. The van der Waals surface area contributed by atoms with Crippen molar-refractivity contribution in [2.45, 2.75) is 50.6 Å². The minimum Gasteiger partial charge on any atom is -0.475 e. The highest BCUT2D eigenvalue weighted by Crippen LogP contribution is 2.33. The molecule has 2 heterocycles. The summed E-state index contributed by atoms with van der Waals surface area (Å²) >= 11 is 0. The molecule has 3 atom stereocenters. The van der Waals surface area contributed by atoms with E-state index in [0.29, 0.717) is 24.4 Å². The number of benzene rings is 2. The first kappa shape index (κ1) is 26.2. The first-order chi connectivity index (χ1) is 17.6. The summed E-state index contributed by atoms with van der Waals surface area (Å²) in [5, 5.41) is 15.6. The van der Waals surface area contributed by atoms with Gasteiger partial charge in [0.15, 0.2) is 0 Å². The van der Waals surface area contributed by atoms with Crippen molar-refractivity contribution in [1.29, 1.82) is 5.26 Å². The molecule has 192 valence electrons. The van der Waals surface area contributed by atoms with E-state index in [-0.39, 0.29) is 29.7 Å². The number of amides is 1. The molecule has 6 nitrogen and oxygen atoms in total. The van der Waals surface area contributed by atoms with E-state index in [1.54, 1.807) is 18.3 Å². The first-order valence-corrected chi connectivity index (χ1v) is 12.0. The molecule has 2 N–H and O–H groups in total. The Morgan fingerprint density at radius 1 is 1.08 bits per heavy atom. The van der Waals surface area contributed by atoms with E-state index in [0.717, 1.165) is 23.3 Å². The van der Waals surface area contributed by atoms with Gasteiger partial charge >= 0.3 is 6.18 Å². The fourth-order valence-corrected chi connectivity index (χ4v) is 4.52. The van der Waals surface area contributed by atoms with Gasteiger partial charge in [-0.3, -0.25) is 4.79 Å². The van der Waals surface area contributed by atoms with Crippen molar-refractivity contribution in [3.05, 3.63) is 94.7 Å². The zero-order valence-electron chi connectivity index (χ0n) is 20.4. The molecule has 1 saturated heterocycles. The lowest BCUT2D eigenvalue weighted by Crippen LogP contribution is -2.36. The van der Waals surface area contributed by atoms with Crippen LogP contribution in [0.25, 0.3) is 0 Å². The number of hydrogen-bond donors (Lipinski definition) is 2. The summed E-state index contributed by atoms with van der Waals surface area (Å²) in [4.78, 5) is 17.1. The van der Waals surface area contributed by atoms with Crippen LogP contribution < -0.4 is 15.4 Å². The van der Waals surface area contributed by atoms with E-state index < -0.39 is 17.6 Å². The smallest absolute Gasteiger partial charge is 0.416 e. The summed E-state index contributed by atoms with van der Waals surface area (Å²) in [7, 11) is 0. The highest BCUT2D eigenvalue weighted by Gasteiger charge is 2.34. The number of aromatic nitrogens is 1. The Morgan fingerprint density at radius 2 is 1.76 bits per heavy atom. The maximum absolute atomic E-state index is 12.8. The lowest BCUT2D eigenvalue weighted by atomic mass is 9.84. The van der Waals surface area contributed by atoms with Crippen LogP contribution in [0.3, 0.4) is 0 Å². The number of alkyl halides is 3. The summed E-state index contributed by atoms with van der Waals surface area (Å²) < 4.78 is 44.2. The predicted octanol–water partition coefficient (Wildman–Crippen LogP) is 5.05. The van der Waals surface area contributed by atoms with Crippen LogP contribution in [-0.2, 0) is 6.18 Å². The fraction of sp³-hybridized carbons (Fsp3) is 0.321. The van der Waals surface area contributed by atoms with Gasteiger partial charge in [0.1, 0.15) is 0 Å². The van der Waals surface area contributed by atoms with E-state index in [1.807, 2.05) is 38.1 Å². The quantitative estimate of drug-likeness (QED) is 0.466. The van der Waals surface area contributed by atoms with Gasteiger partial charge < -0.3 is 15.4 Å². The largest absolute Gasteiger partial charge is 0.475 e. The van der Waals surface area contributed by atoms with Crippen LogP contribution in [-0.4, -0.2) is 35.6 Å². The molecule has 0 radical (unpaired) electrons. The van der Waals surface area contributed by atoms with Gasteiger partial charge in [0.25, 0.3) is 5.91 Å². The Balaban J connectivity index is 1.50. The number of hydrogen-bond acceptors (Lipinski definition) is 5. The van der Waals surface area contributed by atoms with Gasteiger partial charge in [0.05, 0.1) is 23.3 Å². The van der Waals surface area contributed by atoms with Crippen molar-refractivity contribution in [3.8, 4) is 11.9 Å². The van der Waals surface area contributed by atoms with Crippen LogP contribution >= 0.6 is 0 Å². The third kappa shape index (κ3) is 6.46. The van der Waals surface area contributed by atoms with Crippen LogP contribution in [0.5, 0.6) is 5.88 Å². The number of halogens is 3. The van der Waals surface area contributed by atoms with Crippen LogP contribution in [0.2, 0.25) is 0 Å². The molecule has 1 aromatic heterocycles. The average Bonchev–Trinajstić information content (AvgIpc) is 3.32. The van der Waals surface area contributed by atoms with E-state index in [1.165, 1.54) is 12.1 Å². The van der Waals surface area contributed by atoms with Crippen molar-refractivity contribution in [2.24, 2.45) is 0 Å². The number of nitrogens with zero attached hydrogens (tertiary/aromatic N) is 2. The van der Waals surface area contributed by atoms with E-state index in [4.69, 9.17) is 4.74 Å². The lowest BCUT2D eigenvalue weighted by Gasteiger charge is -2.25. The zero-order valence-corrected chi connectivity index (χ0v) is 20.4. The number of rotatable bonds is 7. The molecule has 0 saturated carbocycles. The number of carbonyl (C=O) groups excluding carboxylic acids is 1.